The van der Waals surface area contributed by atoms with Crippen molar-refractivity contribution in [1.29, 1.82) is 0 Å². The van der Waals surface area contributed by atoms with Gasteiger partial charge in [0.1, 0.15) is 0 Å². The summed E-state index contributed by atoms with van der Waals surface area (Å²) in [6.07, 6.45) is 3.84. The first-order valence-electron chi connectivity index (χ1n) is 4.86. The molecule has 0 amide bonds. The summed E-state index contributed by atoms with van der Waals surface area (Å²) in [5, 5.41) is 0. The number of nitrogens with zero attached hydrogens (tertiary/aromatic N) is 3. The third-order valence-corrected chi connectivity index (χ3v) is 10.7. The molecule has 3 nitrogen and oxygen atoms in total. The molecule has 0 heterocycles. The summed E-state index contributed by atoms with van der Waals surface area (Å²) in [6.45, 7) is 12.3. The van der Waals surface area contributed by atoms with Gasteiger partial charge in [0.05, 0.1) is 0 Å². The topological polar surface area (TPSA) is 9.72 Å². The zero-order valence-electron chi connectivity index (χ0n) is 10.1. The Balaban J connectivity index is 4.36. The highest BCUT2D eigenvalue weighted by Crippen LogP contribution is 2.03. The van der Waals surface area contributed by atoms with E-state index in [4.69, 9.17) is 0 Å². The monoisotopic (exact) mass is 229 g/mol. The van der Waals surface area contributed by atoms with Crippen LogP contribution in [0.4, 0.5) is 0 Å². The molecule has 0 N–H and O–H groups in total. The molecule has 0 rings (SSSR count). The van der Waals surface area contributed by atoms with E-state index < -0.39 is 18.2 Å². The molecule has 0 radical (unpaired) electrons. The van der Waals surface area contributed by atoms with Crippen LogP contribution in [0.1, 0.15) is 0 Å². The zero-order chi connectivity index (χ0) is 11.3. The Morgan fingerprint density at radius 2 is 1.14 bits per heavy atom. The van der Waals surface area contributed by atoms with Crippen LogP contribution < -0.4 is 0 Å². The Morgan fingerprint density at radius 1 is 0.857 bits per heavy atom. The fourth-order valence-electron chi connectivity index (χ4n) is 1.19. The Morgan fingerprint density at radius 3 is 1.36 bits per heavy atom. The summed E-state index contributed by atoms with van der Waals surface area (Å²) >= 11 is 0. The molecule has 0 saturated carbocycles. The lowest BCUT2D eigenvalue weighted by Crippen LogP contribution is -2.55. The van der Waals surface area contributed by atoms with Crippen molar-refractivity contribution in [3.63, 3.8) is 0 Å². The van der Waals surface area contributed by atoms with Gasteiger partial charge in [-0.05, 0) is 46.6 Å². The molecule has 2 atom stereocenters. The van der Waals surface area contributed by atoms with E-state index in [9.17, 15) is 0 Å². The fourth-order valence-corrected chi connectivity index (χ4v) is 6.71. The summed E-state index contributed by atoms with van der Waals surface area (Å²) in [5.41, 5.74) is 0. The second kappa shape index (κ2) is 6.05. The first kappa shape index (κ1) is 13.5. The molecular weight excluding hydrogens is 206 g/mol. The molecule has 0 aliphatic rings. The van der Waals surface area contributed by atoms with Crippen LogP contribution in [0, 0.1) is 0 Å². The molecule has 0 saturated heterocycles. The Hall–Kier alpha value is -0.526. The Bertz CT molecular complexity index is 178. The zero-order valence-corrected chi connectivity index (χ0v) is 12.4. The minimum absolute atomic E-state index is 0.997. The van der Waals surface area contributed by atoms with E-state index in [1.165, 1.54) is 0 Å². The van der Waals surface area contributed by atoms with Crippen molar-refractivity contribution in [2.45, 2.75) is 13.1 Å². The summed E-state index contributed by atoms with van der Waals surface area (Å²) < 4.78 is 7.03. The van der Waals surface area contributed by atoms with Gasteiger partial charge in [0.25, 0.3) is 0 Å². The predicted octanol–water partition coefficient (Wildman–Crippen LogP) is 0.769. The average molecular weight is 229 g/mol. The average Bonchev–Trinajstić information content (AvgIpc) is 2.23. The van der Waals surface area contributed by atoms with Crippen LogP contribution >= 0.6 is 0 Å². The highest BCUT2D eigenvalue weighted by Gasteiger charge is 2.22. The van der Waals surface area contributed by atoms with Crippen LogP contribution in [0.25, 0.3) is 0 Å². The molecule has 0 aromatic rings. The van der Waals surface area contributed by atoms with Crippen molar-refractivity contribution in [3.8, 4) is 0 Å². The largest absolute Gasteiger partial charge is 0.397 e. The molecule has 0 spiro atoms. The maximum absolute atomic E-state index is 3.80. The van der Waals surface area contributed by atoms with Crippen molar-refractivity contribution in [2.75, 3.05) is 21.1 Å². The maximum atomic E-state index is 3.80. The van der Waals surface area contributed by atoms with E-state index in [2.05, 4.69) is 60.8 Å². The molecule has 0 aromatic heterocycles. The van der Waals surface area contributed by atoms with E-state index in [-0.39, 0.29) is 0 Å². The van der Waals surface area contributed by atoms with Gasteiger partial charge >= 0.3 is 0 Å². The predicted molar refractivity (Wildman–Crippen MR) is 69.7 cm³/mol. The van der Waals surface area contributed by atoms with Crippen molar-refractivity contribution in [1.82, 2.24) is 13.4 Å². The SMILES string of the molecule is C=CN(C)[SiH](C)N(C)[SiH](C)N(C)C=C. The van der Waals surface area contributed by atoms with E-state index >= 15 is 0 Å². The summed E-state index contributed by atoms with van der Waals surface area (Å²) in [7, 11) is 4.43. The van der Waals surface area contributed by atoms with Gasteiger partial charge in [0.15, 0.2) is 0 Å². The molecule has 0 bridgehead atoms. The molecule has 5 heteroatoms. The molecule has 82 valence electrons. The van der Waals surface area contributed by atoms with Gasteiger partial charge in [-0.15, -0.1) is 0 Å². The van der Waals surface area contributed by atoms with Gasteiger partial charge in [-0.2, -0.15) is 0 Å². The van der Waals surface area contributed by atoms with Crippen molar-refractivity contribution in [2.24, 2.45) is 0 Å². The van der Waals surface area contributed by atoms with E-state index in [0.29, 0.717) is 0 Å². The Labute approximate surface area is 91.8 Å². The highest BCUT2D eigenvalue weighted by molar-refractivity contribution is 6.68. The van der Waals surface area contributed by atoms with Gasteiger partial charge in [-0.3, -0.25) is 0 Å². The van der Waals surface area contributed by atoms with Gasteiger partial charge < -0.3 is 13.4 Å². The molecule has 0 aromatic carbocycles. The molecule has 14 heavy (non-hydrogen) atoms. The third kappa shape index (κ3) is 3.32. The molecule has 0 fully saturated rings. The van der Waals surface area contributed by atoms with Crippen molar-refractivity contribution >= 4 is 18.2 Å². The Kier molecular flexibility index (Phi) is 5.82. The van der Waals surface area contributed by atoms with Gasteiger partial charge in [-0.1, -0.05) is 13.2 Å². The highest BCUT2D eigenvalue weighted by atomic mass is 28.4. The lowest BCUT2D eigenvalue weighted by atomic mass is 11.0. The van der Waals surface area contributed by atoms with Gasteiger partial charge in [-0.25, -0.2) is 0 Å². The quantitative estimate of drug-likeness (QED) is 0.623. The maximum Gasteiger partial charge on any atom is 0.209 e. The molecule has 0 aliphatic carbocycles. The third-order valence-electron chi connectivity index (χ3n) is 2.93. The van der Waals surface area contributed by atoms with Crippen LogP contribution in [0.5, 0.6) is 0 Å². The van der Waals surface area contributed by atoms with Crippen molar-refractivity contribution < 1.29 is 0 Å². The minimum atomic E-state index is -0.997. The smallest absolute Gasteiger partial charge is 0.209 e. The van der Waals surface area contributed by atoms with Crippen LogP contribution in [0.2, 0.25) is 13.1 Å². The van der Waals surface area contributed by atoms with Crippen LogP contribution in [0.15, 0.2) is 25.6 Å². The standard InChI is InChI=1S/C9H23N3Si2/c1-8-10(3)13(6)12(5)14(7)11(4)9-2/h8-9,13-14H,1-2H2,3-7H3. The lowest BCUT2D eigenvalue weighted by molar-refractivity contribution is 0.573. The summed E-state index contributed by atoms with van der Waals surface area (Å²) in [4.78, 5) is 0. The first-order chi connectivity index (χ1) is 6.45. The van der Waals surface area contributed by atoms with Gasteiger partial charge in [0.2, 0.25) is 18.2 Å². The first-order valence-corrected chi connectivity index (χ1v) is 9.24. The van der Waals surface area contributed by atoms with Crippen molar-refractivity contribution in [3.05, 3.63) is 25.6 Å². The van der Waals surface area contributed by atoms with Crippen LogP contribution in [0.3, 0.4) is 0 Å². The van der Waals surface area contributed by atoms with Crippen LogP contribution in [-0.2, 0) is 0 Å². The van der Waals surface area contributed by atoms with E-state index in [0.717, 1.165) is 0 Å². The minimum Gasteiger partial charge on any atom is -0.397 e. The number of rotatable bonds is 6. The summed E-state index contributed by atoms with van der Waals surface area (Å²) in [5.74, 6) is 0. The normalized spacial score (nSPS) is 14.7. The molecule has 0 aliphatic heterocycles. The fraction of sp³-hybridized carbons (Fsp3) is 0.556. The molecule has 2 unspecified atom stereocenters. The summed E-state index contributed by atoms with van der Waals surface area (Å²) in [6, 6.07) is 0. The van der Waals surface area contributed by atoms with E-state index in [1.807, 2.05) is 12.4 Å². The number of hydrogen-bond acceptors (Lipinski definition) is 3. The number of hydrogen-bond donors (Lipinski definition) is 0. The molecular formula is C9H23N3Si2. The second-order valence-electron chi connectivity index (χ2n) is 3.63. The lowest BCUT2D eigenvalue weighted by Gasteiger charge is -2.37. The van der Waals surface area contributed by atoms with E-state index in [1.54, 1.807) is 0 Å². The second-order valence-corrected chi connectivity index (χ2v) is 10.0. The van der Waals surface area contributed by atoms with Gasteiger partial charge in [0, 0.05) is 0 Å². The van der Waals surface area contributed by atoms with Crippen LogP contribution in [-0.4, -0.2) is 52.7 Å².